The van der Waals surface area contributed by atoms with Crippen molar-refractivity contribution in [2.75, 3.05) is 0 Å². The van der Waals surface area contributed by atoms with Crippen LogP contribution in [0.2, 0.25) is 0 Å². The van der Waals surface area contributed by atoms with Crippen LogP contribution in [0.4, 0.5) is 0 Å². The van der Waals surface area contributed by atoms with Crippen molar-refractivity contribution in [3.63, 3.8) is 0 Å². The number of aromatic nitrogens is 3. The maximum atomic E-state index is 10.2. The summed E-state index contributed by atoms with van der Waals surface area (Å²) in [7, 11) is 0. The van der Waals surface area contributed by atoms with Gasteiger partial charge in [0.05, 0.1) is 51.5 Å². The van der Waals surface area contributed by atoms with Crippen LogP contribution in [0.1, 0.15) is 11.1 Å². The van der Waals surface area contributed by atoms with Crippen molar-refractivity contribution in [2.45, 2.75) is 0 Å². The molecule has 0 unspecified atom stereocenters. The van der Waals surface area contributed by atoms with E-state index in [1.165, 1.54) is 0 Å². The summed E-state index contributed by atoms with van der Waals surface area (Å²) >= 11 is 0. The summed E-state index contributed by atoms with van der Waals surface area (Å²) < 4.78 is 10.7. The molecule has 49 heavy (non-hydrogen) atoms. The Kier molecular flexibility index (Phi) is 5.61. The molecule has 0 fully saturated rings. The van der Waals surface area contributed by atoms with E-state index in [4.69, 9.17) is 4.42 Å². The fourth-order valence-corrected chi connectivity index (χ4v) is 7.48. The summed E-state index contributed by atoms with van der Waals surface area (Å²) in [5, 5.41) is 26.3. The molecule has 4 heterocycles. The number of nitrogens with zero attached hydrogens (tertiary/aromatic N) is 5. The highest BCUT2D eigenvalue weighted by Gasteiger charge is 2.18. The third kappa shape index (κ3) is 3.96. The summed E-state index contributed by atoms with van der Waals surface area (Å²) in [5.74, 6) is 0. The monoisotopic (exact) mass is 625 g/mol. The molecule has 6 heteroatoms. The Hall–Kier alpha value is -7.15. The molecule has 0 saturated carbocycles. The Morgan fingerprint density at radius 2 is 1.22 bits per heavy atom. The highest BCUT2D eigenvalue weighted by Crippen LogP contribution is 2.39. The van der Waals surface area contributed by atoms with E-state index in [2.05, 4.69) is 93.0 Å². The minimum absolute atomic E-state index is 0.561. The number of benzene rings is 6. The molecule has 6 aromatic carbocycles. The second kappa shape index (κ2) is 10.2. The lowest BCUT2D eigenvalue weighted by molar-refractivity contribution is 0.669. The first-order chi connectivity index (χ1) is 24.2. The fourth-order valence-electron chi connectivity index (χ4n) is 7.48. The van der Waals surface area contributed by atoms with Gasteiger partial charge in [0.1, 0.15) is 11.2 Å². The third-order valence-corrected chi connectivity index (χ3v) is 9.61. The largest absolute Gasteiger partial charge is 0.456 e. The molecule has 0 saturated heterocycles. The van der Waals surface area contributed by atoms with Gasteiger partial charge in [-0.25, -0.2) is 0 Å². The van der Waals surface area contributed by atoms with Gasteiger partial charge in [0.25, 0.3) is 0 Å². The molecule has 6 nitrogen and oxygen atoms in total. The van der Waals surface area contributed by atoms with Crippen LogP contribution < -0.4 is 0 Å². The van der Waals surface area contributed by atoms with Crippen LogP contribution in [0.25, 0.3) is 88.1 Å². The molecular weight excluding hydrogens is 603 g/mol. The number of nitriles is 2. The quantitative estimate of drug-likeness (QED) is 0.196. The molecule has 0 bridgehead atoms. The Bertz CT molecular complexity index is 3090. The van der Waals surface area contributed by atoms with Crippen molar-refractivity contribution in [1.29, 1.82) is 10.5 Å². The molecule has 0 aliphatic carbocycles. The van der Waals surface area contributed by atoms with Crippen LogP contribution in [-0.4, -0.2) is 14.1 Å². The lowest BCUT2D eigenvalue weighted by Crippen LogP contribution is -1.97. The number of para-hydroxylation sites is 2. The van der Waals surface area contributed by atoms with E-state index in [0.29, 0.717) is 11.1 Å². The van der Waals surface area contributed by atoms with Crippen LogP contribution in [0.5, 0.6) is 0 Å². The van der Waals surface area contributed by atoms with Gasteiger partial charge in [-0.2, -0.15) is 10.5 Å². The number of hydrogen-bond acceptors (Lipinski definition) is 4. The molecule has 0 N–H and O–H groups in total. The maximum Gasteiger partial charge on any atom is 0.137 e. The van der Waals surface area contributed by atoms with E-state index in [9.17, 15) is 10.5 Å². The van der Waals surface area contributed by atoms with Gasteiger partial charge in [0.15, 0.2) is 0 Å². The Morgan fingerprint density at radius 1 is 0.469 bits per heavy atom. The lowest BCUT2D eigenvalue weighted by Gasteiger charge is -2.13. The molecule has 4 aromatic heterocycles. The minimum atomic E-state index is 0.561. The van der Waals surface area contributed by atoms with E-state index < -0.39 is 0 Å². The number of fused-ring (bicyclic) bond motifs is 9. The third-order valence-electron chi connectivity index (χ3n) is 9.61. The van der Waals surface area contributed by atoms with E-state index in [1.54, 1.807) is 0 Å². The average Bonchev–Trinajstić information content (AvgIpc) is 3.80. The standard InChI is InChI=1S/C43H23N5O/c44-23-26-12-13-39-35(18-26)32-8-1-3-10-38(32)48(39)31-17-27(24-45)16-29(20-31)28-6-5-7-30(19-28)47-40-22-43-37(34-9-2-4-11-42(34)49-43)21-36(40)33-14-15-46-25-41(33)47/h1-22,25H. The van der Waals surface area contributed by atoms with Crippen molar-refractivity contribution in [1.82, 2.24) is 14.1 Å². The second-order valence-electron chi connectivity index (χ2n) is 12.3. The van der Waals surface area contributed by atoms with E-state index in [0.717, 1.165) is 88.1 Å². The lowest BCUT2D eigenvalue weighted by atomic mass is 10.0. The van der Waals surface area contributed by atoms with Crippen molar-refractivity contribution < 1.29 is 4.42 Å². The van der Waals surface area contributed by atoms with Crippen LogP contribution in [0, 0.1) is 22.7 Å². The minimum Gasteiger partial charge on any atom is -0.456 e. The van der Waals surface area contributed by atoms with Crippen molar-refractivity contribution in [2.24, 2.45) is 0 Å². The molecule has 0 radical (unpaired) electrons. The summed E-state index contributed by atoms with van der Waals surface area (Å²) in [5.41, 5.74) is 10.6. The van der Waals surface area contributed by atoms with Gasteiger partial charge in [-0.05, 0) is 83.9 Å². The molecular formula is C43H23N5O. The summed E-state index contributed by atoms with van der Waals surface area (Å²) in [6.45, 7) is 0. The molecule has 0 aliphatic heterocycles. The summed E-state index contributed by atoms with van der Waals surface area (Å²) in [6, 6.07) is 47.6. The topological polar surface area (TPSA) is 83.5 Å². The van der Waals surface area contributed by atoms with Crippen molar-refractivity contribution in [3.8, 4) is 34.6 Å². The zero-order valence-electron chi connectivity index (χ0n) is 25.9. The predicted octanol–water partition coefficient (Wildman–Crippen LogP) is 10.6. The molecule has 0 amide bonds. The zero-order chi connectivity index (χ0) is 32.6. The van der Waals surface area contributed by atoms with Gasteiger partial charge in [0, 0.05) is 56.0 Å². The Labute approximate surface area is 279 Å². The first-order valence-electron chi connectivity index (χ1n) is 16.0. The first-order valence-corrected chi connectivity index (χ1v) is 16.0. The summed E-state index contributed by atoms with van der Waals surface area (Å²) in [4.78, 5) is 4.50. The van der Waals surface area contributed by atoms with Gasteiger partial charge in [0.2, 0.25) is 0 Å². The molecule has 0 atom stereocenters. The van der Waals surface area contributed by atoms with Gasteiger partial charge in [-0.3, -0.25) is 4.98 Å². The van der Waals surface area contributed by atoms with Gasteiger partial charge < -0.3 is 13.6 Å². The molecule has 0 spiro atoms. The van der Waals surface area contributed by atoms with Crippen LogP contribution in [-0.2, 0) is 0 Å². The van der Waals surface area contributed by atoms with Gasteiger partial charge >= 0.3 is 0 Å². The molecule has 10 aromatic rings. The van der Waals surface area contributed by atoms with Crippen molar-refractivity contribution >= 4 is 65.6 Å². The van der Waals surface area contributed by atoms with Gasteiger partial charge in [-0.15, -0.1) is 0 Å². The van der Waals surface area contributed by atoms with Gasteiger partial charge in [-0.1, -0.05) is 48.5 Å². The maximum absolute atomic E-state index is 10.2. The van der Waals surface area contributed by atoms with Crippen LogP contribution in [0.3, 0.4) is 0 Å². The number of pyridine rings is 1. The second-order valence-corrected chi connectivity index (χ2v) is 12.3. The zero-order valence-corrected chi connectivity index (χ0v) is 25.9. The first kappa shape index (κ1) is 27.0. The summed E-state index contributed by atoms with van der Waals surface area (Å²) in [6.07, 6.45) is 3.75. The SMILES string of the molecule is N#Cc1cc(-c2cccc(-n3c4cnccc4c4cc5c(cc43)oc3ccccc35)c2)cc(-n2c3ccccc3c3cc(C#N)ccc32)c1. The molecule has 0 aliphatic rings. The smallest absolute Gasteiger partial charge is 0.137 e. The van der Waals surface area contributed by atoms with Crippen LogP contribution >= 0.6 is 0 Å². The van der Waals surface area contributed by atoms with Crippen LogP contribution in [0.15, 0.2) is 144 Å². The highest BCUT2D eigenvalue weighted by atomic mass is 16.3. The Balaban J connectivity index is 1.19. The normalized spacial score (nSPS) is 11.6. The molecule has 10 rings (SSSR count). The van der Waals surface area contributed by atoms with E-state index in [-0.39, 0.29) is 0 Å². The van der Waals surface area contributed by atoms with Crippen molar-refractivity contribution in [3.05, 3.63) is 151 Å². The Morgan fingerprint density at radius 3 is 2.12 bits per heavy atom. The van der Waals surface area contributed by atoms with E-state index in [1.807, 2.05) is 73.1 Å². The predicted molar refractivity (Wildman–Crippen MR) is 195 cm³/mol. The number of hydrogen-bond donors (Lipinski definition) is 0. The number of rotatable bonds is 3. The average molecular weight is 626 g/mol. The molecule has 226 valence electrons. The number of furan rings is 1. The van der Waals surface area contributed by atoms with E-state index >= 15 is 0 Å². The highest BCUT2D eigenvalue weighted by molar-refractivity contribution is 6.17. The fraction of sp³-hybridized carbons (Fsp3) is 0.